The van der Waals surface area contributed by atoms with Gasteiger partial charge < -0.3 is 4.74 Å². The first-order chi connectivity index (χ1) is 9.74. The molecule has 3 rings (SSSR count). The number of hydrogen-bond acceptors (Lipinski definition) is 3. The lowest BCUT2D eigenvalue weighted by Crippen LogP contribution is -1.95. The molecule has 0 saturated carbocycles. The molecule has 0 saturated heterocycles. The zero-order valence-corrected chi connectivity index (χ0v) is 11.6. The molecule has 0 spiro atoms. The van der Waals surface area contributed by atoms with Crippen LogP contribution >= 0.6 is 0 Å². The van der Waals surface area contributed by atoms with Gasteiger partial charge in [-0.1, -0.05) is 32.0 Å². The molecule has 0 bridgehead atoms. The Morgan fingerprint density at radius 1 is 1.00 bits per heavy atom. The van der Waals surface area contributed by atoms with Gasteiger partial charge in [-0.15, -0.1) is 0 Å². The van der Waals surface area contributed by atoms with Crippen molar-refractivity contribution in [2.75, 3.05) is 0 Å². The monoisotopic (exact) mass is 264 g/mol. The number of aromatic nitrogens is 2. The van der Waals surface area contributed by atoms with Crippen molar-refractivity contribution in [3.63, 3.8) is 0 Å². The quantitative estimate of drug-likeness (QED) is 0.696. The molecule has 100 valence electrons. The van der Waals surface area contributed by atoms with Gasteiger partial charge in [0.05, 0.1) is 11.7 Å². The first kappa shape index (κ1) is 12.6. The highest BCUT2D eigenvalue weighted by atomic mass is 16.5. The summed E-state index contributed by atoms with van der Waals surface area (Å²) in [5.41, 5.74) is 2.02. The maximum Gasteiger partial charge on any atom is 0.219 e. The van der Waals surface area contributed by atoms with Gasteiger partial charge in [-0.3, -0.25) is 4.98 Å². The van der Waals surface area contributed by atoms with Crippen molar-refractivity contribution >= 4 is 10.9 Å². The number of fused-ring (bicyclic) bond motifs is 1. The Kier molecular flexibility index (Phi) is 3.33. The van der Waals surface area contributed by atoms with Crippen LogP contribution in [0.3, 0.4) is 0 Å². The zero-order valence-electron chi connectivity index (χ0n) is 11.6. The smallest absolute Gasteiger partial charge is 0.219 e. The molecular weight excluding hydrogens is 248 g/mol. The fourth-order valence-corrected chi connectivity index (χ4v) is 2.17. The summed E-state index contributed by atoms with van der Waals surface area (Å²) < 4.78 is 5.94. The van der Waals surface area contributed by atoms with Crippen LogP contribution in [0.4, 0.5) is 0 Å². The maximum absolute atomic E-state index is 5.94. The van der Waals surface area contributed by atoms with Gasteiger partial charge in [-0.2, -0.15) is 0 Å². The van der Waals surface area contributed by atoms with Crippen LogP contribution in [0.5, 0.6) is 11.6 Å². The van der Waals surface area contributed by atoms with Crippen LogP contribution in [0.15, 0.2) is 54.9 Å². The Labute approximate surface area is 118 Å². The van der Waals surface area contributed by atoms with Crippen molar-refractivity contribution in [2.24, 2.45) is 0 Å². The Bertz CT molecular complexity index is 738. The Morgan fingerprint density at radius 2 is 1.85 bits per heavy atom. The molecule has 2 aromatic heterocycles. The second-order valence-electron chi connectivity index (χ2n) is 5.01. The molecule has 20 heavy (non-hydrogen) atoms. The molecule has 0 unspecified atom stereocenters. The maximum atomic E-state index is 5.94. The summed E-state index contributed by atoms with van der Waals surface area (Å²) in [6.07, 6.45) is 3.51. The van der Waals surface area contributed by atoms with E-state index in [-0.39, 0.29) is 0 Å². The zero-order chi connectivity index (χ0) is 13.9. The molecule has 3 heteroatoms. The lowest BCUT2D eigenvalue weighted by Gasteiger charge is -2.13. The van der Waals surface area contributed by atoms with E-state index in [0.717, 1.165) is 16.7 Å². The van der Waals surface area contributed by atoms with Crippen molar-refractivity contribution in [1.82, 2.24) is 9.97 Å². The molecule has 0 fully saturated rings. The summed E-state index contributed by atoms with van der Waals surface area (Å²) in [5.74, 6) is 1.87. The van der Waals surface area contributed by atoms with E-state index in [1.54, 1.807) is 12.4 Å². The molecule has 0 radical (unpaired) electrons. The van der Waals surface area contributed by atoms with Gasteiger partial charge in [-0.25, -0.2) is 4.98 Å². The highest BCUT2D eigenvalue weighted by Crippen LogP contribution is 2.30. The predicted molar refractivity (Wildman–Crippen MR) is 80.1 cm³/mol. The lowest BCUT2D eigenvalue weighted by molar-refractivity contribution is 0.456. The van der Waals surface area contributed by atoms with Crippen LogP contribution < -0.4 is 4.74 Å². The van der Waals surface area contributed by atoms with Gasteiger partial charge in [-0.05, 0) is 29.7 Å². The van der Waals surface area contributed by atoms with E-state index in [1.165, 1.54) is 5.56 Å². The Hall–Kier alpha value is -2.42. The van der Waals surface area contributed by atoms with E-state index in [0.29, 0.717) is 11.8 Å². The van der Waals surface area contributed by atoms with E-state index >= 15 is 0 Å². The number of rotatable bonds is 3. The lowest BCUT2D eigenvalue weighted by atomic mass is 10.0. The van der Waals surface area contributed by atoms with E-state index in [9.17, 15) is 0 Å². The van der Waals surface area contributed by atoms with Crippen molar-refractivity contribution in [2.45, 2.75) is 19.8 Å². The molecule has 2 heterocycles. The van der Waals surface area contributed by atoms with Gasteiger partial charge in [0.25, 0.3) is 0 Å². The third-order valence-electron chi connectivity index (χ3n) is 3.22. The van der Waals surface area contributed by atoms with E-state index < -0.39 is 0 Å². The van der Waals surface area contributed by atoms with Crippen LogP contribution in [0.1, 0.15) is 25.3 Å². The SMILES string of the molecule is CC(C)c1ccccc1Oc1ccc2ccncc2n1. The largest absolute Gasteiger partial charge is 0.439 e. The summed E-state index contributed by atoms with van der Waals surface area (Å²) >= 11 is 0. The average Bonchev–Trinajstić information content (AvgIpc) is 2.47. The minimum Gasteiger partial charge on any atom is -0.439 e. The fourth-order valence-electron chi connectivity index (χ4n) is 2.17. The van der Waals surface area contributed by atoms with Crippen LogP contribution in [-0.4, -0.2) is 9.97 Å². The number of hydrogen-bond donors (Lipinski definition) is 0. The molecule has 0 atom stereocenters. The molecule has 0 aliphatic carbocycles. The molecule has 0 aliphatic heterocycles. The summed E-state index contributed by atoms with van der Waals surface area (Å²) in [6, 6.07) is 13.9. The number of benzene rings is 1. The first-order valence-electron chi connectivity index (χ1n) is 6.71. The molecule has 0 aliphatic rings. The van der Waals surface area contributed by atoms with Gasteiger partial charge in [0, 0.05) is 17.6 Å². The summed E-state index contributed by atoms with van der Waals surface area (Å²) in [5, 5.41) is 1.06. The van der Waals surface area contributed by atoms with Crippen LogP contribution in [0, 0.1) is 0 Å². The minimum atomic E-state index is 0.410. The third-order valence-corrected chi connectivity index (χ3v) is 3.22. The van der Waals surface area contributed by atoms with Crippen molar-refractivity contribution < 1.29 is 4.74 Å². The van der Waals surface area contributed by atoms with Gasteiger partial charge in [0.2, 0.25) is 5.88 Å². The Morgan fingerprint density at radius 3 is 2.70 bits per heavy atom. The van der Waals surface area contributed by atoms with Gasteiger partial charge in [0.15, 0.2) is 0 Å². The topological polar surface area (TPSA) is 35.0 Å². The van der Waals surface area contributed by atoms with Gasteiger partial charge >= 0.3 is 0 Å². The Balaban J connectivity index is 1.97. The molecule has 0 amide bonds. The van der Waals surface area contributed by atoms with Crippen molar-refractivity contribution in [3.05, 3.63) is 60.4 Å². The molecule has 3 aromatic rings. The standard InChI is InChI=1S/C17H16N2O/c1-12(2)14-5-3-4-6-16(14)20-17-8-7-13-9-10-18-11-15(13)19-17/h3-12H,1-2H3. The van der Waals surface area contributed by atoms with Crippen LogP contribution in [-0.2, 0) is 0 Å². The molecule has 1 aromatic carbocycles. The molecule has 3 nitrogen and oxygen atoms in total. The molecule has 0 N–H and O–H groups in total. The first-order valence-corrected chi connectivity index (χ1v) is 6.71. The van der Waals surface area contributed by atoms with E-state index in [1.807, 2.05) is 36.4 Å². The second kappa shape index (κ2) is 5.29. The number of nitrogens with zero attached hydrogens (tertiary/aromatic N) is 2. The summed E-state index contributed by atoms with van der Waals surface area (Å²) in [7, 11) is 0. The number of pyridine rings is 2. The van der Waals surface area contributed by atoms with Gasteiger partial charge in [0.1, 0.15) is 5.75 Å². The number of ether oxygens (including phenoxy) is 1. The predicted octanol–water partition coefficient (Wildman–Crippen LogP) is 4.55. The van der Waals surface area contributed by atoms with Crippen molar-refractivity contribution in [3.8, 4) is 11.6 Å². The third kappa shape index (κ3) is 2.48. The summed E-state index contributed by atoms with van der Waals surface area (Å²) in [6.45, 7) is 4.31. The highest BCUT2D eigenvalue weighted by molar-refractivity contribution is 5.77. The van der Waals surface area contributed by atoms with Crippen LogP contribution in [0.2, 0.25) is 0 Å². The van der Waals surface area contributed by atoms with E-state index in [2.05, 4.69) is 29.9 Å². The number of para-hydroxylation sites is 1. The van der Waals surface area contributed by atoms with Crippen LogP contribution in [0.25, 0.3) is 10.9 Å². The minimum absolute atomic E-state index is 0.410. The molecular formula is C17H16N2O. The summed E-state index contributed by atoms with van der Waals surface area (Å²) in [4.78, 5) is 8.57. The van der Waals surface area contributed by atoms with Crippen molar-refractivity contribution in [1.29, 1.82) is 0 Å². The highest BCUT2D eigenvalue weighted by Gasteiger charge is 2.08. The van der Waals surface area contributed by atoms with E-state index in [4.69, 9.17) is 4.74 Å². The normalized spacial score (nSPS) is 10.9. The second-order valence-corrected chi connectivity index (χ2v) is 5.01. The fraction of sp³-hybridized carbons (Fsp3) is 0.176. The average molecular weight is 264 g/mol.